The number of nitrogens with zero attached hydrogens (tertiary/aromatic N) is 3. The molecule has 0 saturated carbocycles. The van der Waals surface area contributed by atoms with Crippen molar-refractivity contribution < 1.29 is 27.4 Å². The number of carbonyl (C=O) groups is 1. The minimum Gasteiger partial charge on any atom is -0.490 e. The minimum atomic E-state index is -4.46. The Hall–Kier alpha value is -4.18. The van der Waals surface area contributed by atoms with Gasteiger partial charge in [-0.15, -0.1) is 0 Å². The van der Waals surface area contributed by atoms with Gasteiger partial charge in [0.15, 0.2) is 0 Å². The summed E-state index contributed by atoms with van der Waals surface area (Å²) in [5, 5.41) is 7.29. The third-order valence-electron chi connectivity index (χ3n) is 6.48. The number of aryl methyl sites for hydroxylation is 1. The molecule has 39 heavy (non-hydrogen) atoms. The number of hydrogen-bond donors (Lipinski definition) is 1. The van der Waals surface area contributed by atoms with Gasteiger partial charge in [-0.25, -0.2) is 4.68 Å². The summed E-state index contributed by atoms with van der Waals surface area (Å²) in [4.78, 5) is 16.9. The summed E-state index contributed by atoms with van der Waals surface area (Å²) >= 11 is 0. The van der Waals surface area contributed by atoms with Crippen LogP contribution in [0.2, 0.25) is 0 Å². The zero-order chi connectivity index (χ0) is 27.4. The number of alkyl halides is 3. The topological polar surface area (TPSA) is 78.3 Å². The quantitative estimate of drug-likeness (QED) is 0.299. The molecule has 1 aliphatic heterocycles. The fraction of sp³-hybridized carbons (Fsp3) is 0.276. The lowest BCUT2D eigenvalue weighted by molar-refractivity contribution is -0.137. The molecule has 1 aliphatic rings. The minimum absolute atomic E-state index is 0.0860. The molecule has 0 radical (unpaired) electrons. The Bertz CT molecular complexity index is 1460. The highest BCUT2D eigenvalue weighted by Crippen LogP contribution is 2.31. The molecule has 1 amide bonds. The van der Waals surface area contributed by atoms with E-state index in [1.807, 2.05) is 25.3 Å². The number of pyridine rings is 1. The highest BCUT2D eigenvalue weighted by molar-refractivity contribution is 5.92. The van der Waals surface area contributed by atoms with Crippen LogP contribution < -0.4 is 10.1 Å². The second kappa shape index (κ2) is 11.3. The zero-order valence-corrected chi connectivity index (χ0v) is 21.2. The van der Waals surface area contributed by atoms with Crippen molar-refractivity contribution in [3.8, 4) is 22.6 Å². The van der Waals surface area contributed by atoms with Crippen LogP contribution in [0.15, 0.2) is 73.3 Å². The number of rotatable bonds is 8. The summed E-state index contributed by atoms with van der Waals surface area (Å²) < 4.78 is 52.4. The van der Waals surface area contributed by atoms with Crippen LogP contribution in [0.3, 0.4) is 0 Å². The average Bonchev–Trinajstić information content (AvgIpc) is 3.61. The van der Waals surface area contributed by atoms with Gasteiger partial charge in [-0.1, -0.05) is 24.3 Å². The predicted molar refractivity (Wildman–Crippen MR) is 140 cm³/mol. The number of aromatic nitrogens is 3. The maximum atomic E-state index is 13.0. The molecule has 1 unspecified atom stereocenters. The van der Waals surface area contributed by atoms with E-state index in [4.69, 9.17) is 9.47 Å². The first kappa shape index (κ1) is 26.4. The van der Waals surface area contributed by atoms with Crippen molar-refractivity contribution in [3.05, 3.63) is 90.0 Å². The molecule has 1 atom stereocenters. The standard InChI is InChI=1S/C29H27F3N4O3/c1-19-7-8-23(35-28(37)13-20-4-2-5-22(12-20)29(30,31)32)14-26(19)36-17-21(15-34-36)25-16-33-10-9-27(25)39-18-24-6-3-11-38-24/h2,4-5,7-10,12,14-17,24H,3,6,11,13,18H2,1H3,(H,35,37). The molecule has 4 aromatic rings. The van der Waals surface area contributed by atoms with Gasteiger partial charge < -0.3 is 14.8 Å². The first-order valence-corrected chi connectivity index (χ1v) is 12.6. The van der Waals surface area contributed by atoms with Gasteiger partial charge in [0.05, 0.1) is 30.0 Å². The third-order valence-corrected chi connectivity index (χ3v) is 6.48. The summed E-state index contributed by atoms with van der Waals surface area (Å²) in [6, 6.07) is 11.9. The molecule has 10 heteroatoms. The molecule has 0 spiro atoms. The monoisotopic (exact) mass is 536 g/mol. The molecule has 1 fully saturated rings. The first-order chi connectivity index (χ1) is 18.8. The summed E-state index contributed by atoms with van der Waals surface area (Å²) in [5.74, 6) is 0.265. The summed E-state index contributed by atoms with van der Waals surface area (Å²) in [7, 11) is 0. The van der Waals surface area contributed by atoms with Crippen LogP contribution in [0.25, 0.3) is 16.8 Å². The average molecular weight is 537 g/mol. The highest BCUT2D eigenvalue weighted by Gasteiger charge is 2.30. The van der Waals surface area contributed by atoms with Gasteiger partial charge >= 0.3 is 6.18 Å². The Morgan fingerprint density at radius 1 is 1.18 bits per heavy atom. The molecular formula is C29H27F3N4O3. The SMILES string of the molecule is Cc1ccc(NC(=O)Cc2cccc(C(F)(F)F)c2)cc1-n1cc(-c2cnccc2OCC2CCCO2)cn1. The number of benzene rings is 2. The molecule has 7 nitrogen and oxygen atoms in total. The second-order valence-electron chi connectivity index (χ2n) is 9.42. The van der Waals surface area contributed by atoms with Gasteiger partial charge in [0.1, 0.15) is 12.4 Å². The van der Waals surface area contributed by atoms with Gasteiger partial charge in [0.2, 0.25) is 5.91 Å². The lowest BCUT2D eigenvalue weighted by Gasteiger charge is -2.13. The van der Waals surface area contributed by atoms with Crippen molar-refractivity contribution in [2.24, 2.45) is 0 Å². The van der Waals surface area contributed by atoms with Crippen molar-refractivity contribution in [1.82, 2.24) is 14.8 Å². The maximum Gasteiger partial charge on any atom is 0.416 e. The van der Waals surface area contributed by atoms with Crippen LogP contribution >= 0.6 is 0 Å². The van der Waals surface area contributed by atoms with Crippen molar-refractivity contribution in [3.63, 3.8) is 0 Å². The van der Waals surface area contributed by atoms with E-state index in [1.165, 1.54) is 12.1 Å². The molecule has 0 aliphatic carbocycles. The van der Waals surface area contributed by atoms with Crippen LogP contribution in [0.1, 0.15) is 29.5 Å². The van der Waals surface area contributed by atoms with Crippen LogP contribution in [-0.2, 0) is 22.1 Å². The molecular weight excluding hydrogens is 509 g/mol. The predicted octanol–water partition coefficient (Wildman–Crippen LogP) is 6.00. The van der Waals surface area contributed by atoms with Crippen molar-refractivity contribution in [2.45, 2.75) is 38.5 Å². The van der Waals surface area contributed by atoms with E-state index in [2.05, 4.69) is 15.4 Å². The molecule has 2 aromatic heterocycles. The second-order valence-corrected chi connectivity index (χ2v) is 9.42. The number of hydrogen-bond acceptors (Lipinski definition) is 5. The third kappa shape index (κ3) is 6.46. The maximum absolute atomic E-state index is 13.0. The van der Waals surface area contributed by atoms with Gasteiger partial charge in [-0.05, 0) is 55.2 Å². The summed E-state index contributed by atoms with van der Waals surface area (Å²) in [6.07, 6.45) is 4.42. The van der Waals surface area contributed by atoms with E-state index in [-0.39, 0.29) is 18.1 Å². The molecule has 1 saturated heterocycles. The molecule has 1 N–H and O–H groups in total. The van der Waals surface area contributed by atoms with Gasteiger partial charge in [-0.2, -0.15) is 18.3 Å². The van der Waals surface area contributed by atoms with Crippen LogP contribution in [0.4, 0.5) is 18.9 Å². The first-order valence-electron chi connectivity index (χ1n) is 12.6. The summed E-state index contributed by atoms with van der Waals surface area (Å²) in [5.41, 5.74) is 3.26. The Kier molecular flexibility index (Phi) is 7.65. The van der Waals surface area contributed by atoms with E-state index in [9.17, 15) is 18.0 Å². The number of nitrogens with one attached hydrogen (secondary N) is 1. The normalized spacial score (nSPS) is 15.3. The van der Waals surface area contributed by atoms with E-state index in [1.54, 1.807) is 35.4 Å². The smallest absolute Gasteiger partial charge is 0.416 e. The fourth-order valence-corrected chi connectivity index (χ4v) is 4.46. The molecule has 5 rings (SSSR count). The highest BCUT2D eigenvalue weighted by atomic mass is 19.4. The number of anilines is 1. The number of amides is 1. The molecule has 0 bridgehead atoms. The van der Waals surface area contributed by atoms with Crippen molar-refractivity contribution >= 4 is 11.6 Å². The van der Waals surface area contributed by atoms with Gasteiger partial charge in [0.25, 0.3) is 0 Å². The fourth-order valence-electron chi connectivity index (χ4n) is 4.46. The number of ether oxygens (including phenoxy) is 2. The van der Waals surface area contributed by atoms with E-state index in [0.717, 1.165) is 54.0 Å². The van der Waals surface area contributed by atoms with Crippen LogP contribution in [0, 0.1) is 6.92 Å². The van der Waals surface area contributed by atoms with Crippen LogP contribution in [0.5, 0.6) is 5.75 Å². The number of carbonyl (C=O) groups excluding carboxylic acids is 1. The van der Waals surface area contributed by atoms with E-state index in [0.29, 0.717) is 18.0 Å². The van der Waals surface area contributed by atoms with E-state index >= 15 is 0 Å². The van der Waals surface area contributed by atoms with Crippen molar-refractivity contribution in [2.75, 3.05) is 18.5 Å². The zero-order valence-electron chi connectivity index (χ0n) is 21.2. The van der Waals surface area contributed by atoms with E-state index < -0.39 is 17.6 Å². The molecule has 3 heterocycles. The Morgan fingerprint density at radius 3 is 2.85 bits per heavy atom. The van der Waals surface area contributed by atoms with Crippen LogP contribution in [-0.4, -0.2) is 40.0 Å². The molecule has 202 valence electrons. The Labute approximate surface area is 223 Å². The number of halogens is 3. The Morgan fingerprint density at radius 2 is 2.05 bits per heavy atom. The summed E-state index contributed by atoms with van der Waals surface area (Å²) in [6.45, 7) is 3.14. The molecule has 2 aromatic carbocycles. The lowest BCUT2D eigenvalue weighted by atomic mass is 10.1. The Balaban J connectivity index is 1.30. The largest absolute Gasteiger partial charge is 0.490 e. The lowest BCUT2D eigenvalue weighted by Crippen LogP contribution is -2.16. The van der Waals surface area contributed by atoms with Crippen molar-refractivity contribution in [1.29, 1.82) is 0 Å². The van der Waals surface area contributed by atoms with Gasteiger partial charge in [0, 0.05) is 42.0 Å². The van der Waals surface area contributed by atoms with Gasteiger partial charge in [-0.3, -0.25) is 9.78 Å².